The number of halogens is 2. The molecule has 0 spiro atoms. The van der Waals surface area contributed by atoms with Crippen molar-refractivity contribution in [2.45, 2.75) is 24.4 Å². The molecule has 3 heterocycles. The SMILES string of the molecule is Nc1ccn([C@@H]2O[C@H](CO)[C@@H](O)C2(F)F)c(=O)n1.O=c1nccc[nH]1. The van der Waals surface area contributed by atoms with E-state index in [0.29, 0.717) is 4.57 Å². The van der Waals surface area contributed by atoms with Gasteiger partial charge < -0.3 is 25.7 Å². The summed E-state index contributed by atoms with van der Waals surface area (Å²) in [7, 11) is 0. The molecule has 0 aromatic carbocycles. The first-order chi connectivity index (χ1) is 11.8. The zero-order valence-electron chi connectivity index (χ0n) is 12.6. The number of ether oxygens (including phenoxy) is 1. The van der Waals surface area contributed by atoms with Crippen molar-refractivity contribution in [1.29, 1.82) is 0 Å². The van der Waals surface area contributed by atoms with Gasteiger partial charge in [-0.1, -0.05) is 0 Å². The number of hydrogen-bond donors (Lipinski definition) is 4. The van der Waals surface area contributed by atoms with Gasteiger partial charge in [0.15, 0.2) is 6.10 Å². The molecule has 1 aliphatic rings. The number of anilines is 1. The summed E-state index contributed by atoms with van der Waals surface area (Å²) in [5.74, 6) is -3.83. The molecule has 0 aliphatic carbocycles. The van der Waals surface area contributed by atoms with E-state index in [4.69, 9.17) is 15.6 Å². The van der Waals surface area contributed by atoms with Gasteiger partial charge in [0.05, 0.1) is 6.61 Å². The molecule has 0 unspecified atom stereocenters. The first-order valence-corrected chi connectivity index (χ1v) is 6.94. The second-order valence-corrected chi connectivity index (χ2v) is 4.96. The highest BCUT2D eigenvalue weighted by Crippen LogP contribution is 2.41. The fourth-order valence-corrected chi connectivity index (χ4v) is 2.03. The van der Waals surface area contributed by atoms with Crippen LogP contribution >= 0.6 is 0 Å². The molecular formula is C13H15F2N5O5. The van der Waals surface area contributed by atoms with Gasteiger partial charge in [-0.15, -0.1) is 0 Å². The number of H-pyrrole nitrogens is 1. The van der Waals surface area contributed by atoms with E-state index in [-0.39, 0.29) is 11.5 Å². The fourth-order valence-electron chi connectivity index (χ4n) is 2.03. The van der Waals surface area contributed by atoms with Crippen LogP contribution in [-0.4, -0.2) is 54.5 Å². The van der Waals surface area contributed by atoms with Gasteiger partial charge in [-0.25, -0.2) is 14.6 Å². The van der Waals surface area contributed by atoms with Crippen LogP contribution in [0.4, 0.5) is 14.6 Å². The van der Waals surface area contributed by atoms with E-state index in [9.17, 15) is 23.5 Å². The lowest BCUT2D eigenvalue weighted by Crippen LogP contribution is -2.41. The number of hydrogen-bond acceptors (Lipinski definition) is 8. The molecule has 1 saturated heterocycles. The number of nitrogen functional groups attached to an aromatic ring is 1. The summed E-state index contributed by atoms with van der Waals surface area (Å²) < 4.78 is 32.7. The number of nitrogens with two attached hydrogens (primary N) is 1. The van der Waals surface area contributed by atoms with Crippen molar-refractivity contribution < 1.29 is 23.7 Å². The van der Waals surface area contributed by atoms with E-state index >= 15 is 0 Å². The molecule has 0 bridgehead atoms. The van der Waals surface area contributed by atoms with E-state index in [1.54, 1.807) is 6.07 Å². The van der Waals surface area contributed by atoms with Crippen LogP contribution in [0, 0.1) is 0 Å². The molecule has 1 aliphatic heterocycles. The van der Waals surface area contributed by atoms with Crippen LogP contribution in [-0.2, 0) is 4.74 Å². The van der Waals surface area contributed by atoms with Crippen molar-refractivity contribution in [1.82, 2.24) is 19.5 Å². The number of aromatic nitrogens is 4. The Hall–Kier alpha value is -2.70. The Kier molecular flexibility index (Phi) is 5.56. The van der Waals surface area contributed by atoms with Gasteiger partial charge in [0.1, 0.15) is 11.9 Å². The topological polar surface area (TPSA) is 156 Å². The third-order valence-electron chi connectivity index (χ3n) is 3.24. The normalized spacial score (nSPS) is 24.4. The molecule has 1 fully saturated rings. The summed E-state index contributed by atoms with van der Waals surface area (Å²) in [5.41, 5.74) is 3.91. The molecule has 0 radical (unpaired) electrons. The van der Waals surface area contributed by atoms with Crippen LogP contribution in [0.3, 0.4) is 0 Å². The molecule has 2 aromatic rings. The smallest absolute Gasteiger partial charge is 0.351 e. The van der Waals surface area contributed by atoms with Gasteiger partial charge in [-0.2, -0.15) is 13.8 Å². The number of nitrogens with one attached hydrogen (secondary N) is 1. The second kappa shape index (κ2) is 7.46. The van der Waals surface area contributed by atoms with Gasteiger partial charge in [0.2, 0.25) is 6.23 Å². The van der Waals surface area contributed by atoms with Crippen LogP contribution in [0.25, 0.3) is 0 Å². The predicted octanol–water partition coefficient (Wildman–Crippen LogP) is -1.52. The minimum absolute atomic E-state index is 0.114. The highest BCUT2D eigenvalue weighted by Gasteiger charge is 2.59. The largest absolute Gasteiger partial charge is 0.394 e. The lowest BCUT2D eigenvalue weighted by molar-refractivity contribution is -0.140. The lowest BCUT2D eigenvalue weighted by atomic mass is 10.1. The number of aromatic amines is 1. The highest BCUT2D eigenvalue weighted by molar-refractivity contribution is 5.23. The van der Waals surface area contributed by atoms with E-state index in [0.717, 1.165) is 12.3 Å². The predicted molar refractivity (Wildman–Crippen MR) is 79.7 cm³/mol. The van der Waals surface area contributed by atoms with Crippen molar-refractivity contribution >= 4 is 5.82 Å². The number of aliphatic hydroxyl groups excluding tert-OH is 2. The van der Waals surface area contributed by atoms with E-state index in [2.05, 4.69) is 15.0 Å². The average Bonchev–Trinajstić information content (AvgIpc) is 2.79. The Labute approximate surface area is 138 Å². The maximum absolute atomic E-state index is 13.7. The van der Waals surface area contributed by atoms with Crippen LogP contribution in [0.15, 0.2) is 40.3 Å². The van der Waals surface area contributed by atoms with E-state index < -0.39 is 36.7 Å². The van der Waals surface area contributed by atoms with Crippen molar-refractivity contribution in [3.8, 4) is 0 Å². The number of nitrogens with zero attached hydrogens (tertiary/aromatic N) is 3. The molecule has 0 amide bonds. The standard InChI is InChI=1S/C9H11F2N3O4.C4H4N2O/c10-9(11)6(16)4(3-15)18-7(9)14-2-1-5(12)13-8(14)17;7-4-5-2-1-3-6-4/h1-2,4,6-7,15-16H,3H2,(H2,12,13,17);1-3H,(H,5,6,7)/t4-,6-,7-;/m1./s1. The Bertz CT molecular complexity index is 809. The molecule has 0 saturated carbocycles. The Balaban J connectivity index is 0.000000269. The number of alkyl halides is 2. The van der Waals surface area contributed by atoms with Crippen LogP contribution in [0.1, 0.15) is 6.23 Å². The first kappa shape index (κ1) is 18.6. The van der Waals surface area contributed by atoms with Crippen molar-refractivity contribution in [2.75, 3.05) is 12.3 Å². The molecule has 12 heteroatoms. The fraction of sp³-hybridized carbons (Fsp3) is 0.385. The summed E-state index contributed by atoms with van der Waals surface area (Å²) in [6.07, 6.45) is -1.71. The highest BCUT2D eigenvalue weighted by atomic mass is 19.3. The molecule has 3 atom stereocenters. The van der Waals surface area contributed by atoms with Crippen molar-refractivity contribution in [3.63, 3.8) is 0 Å². The molecule has 2 aromatic heterocycles. The minimum atomic E-state index is -3.71. The third-order valence-corrected chi connectivity index (χ3v) is 3.24. The van der Waals surface area contributed by atoms with E-state index in [1.165, 1.54) is 12.4 Å². The van der Waals surface area contributed by atoms with Gasteiger partial charge in [0, 0.05) is 18.6 Å². The zero-order chi connectivity index (χ0) is 18.6. The minimum Gasteiger partial charge on any atom is -0.394 e. The number of aliphatic hydroxyl groups is 2. The molecule has 3 rings (SSSR count). The van der Waals surface area contributed by atoms with Crippen LogP contribution in [0.2, 0.25) is 0 Å². The zero-order valence-corrected chi connectivity index (χ0v) is 12.6. The van der Waals surface area contributed by atoms with Gasteiger partial charge in [-0.3, -0.25) is 4.57 Å². The molecular weight excluding hydrogens is 344 g/mol. The lowest BCUT2D eigenvalue weighted by Gasteiger charge is -2.20. The van der Waals surface area contributed by atoms with Crippen LogP contribution < -0.4 is 17.1 Å². The van der Waals surface area contributed by atoms with Crippen molar-refractivity contribution in [3.05, 3.63) is 51.7 Å². The van der Waals surface area contributed by atoms with Crippen LogP contribution in [0.5, 0.6) is 0 Å². The maximum atomic E-state index is 13.7. The molecule has 25 heavy (non-hydrogen) atoms. The van der Waals surface area contributed by atoms with E-state index in [1.807, 2.05) is 0 Å². The summed E-state index contributed by atoms with van der Waals surface area (Å²) >= 11 is 0. The molecule has 5 N–H and O–H groups in total. The summed E-state index contributed by atoms with van der Waals surface area (Å²) in [4.78, 5) is 30.6. The first-order valence-electron chi connectivity index (χ1n) is 6.94. The summed E-state index contributed by atoms with van der Waals surface area (Å²) in [6, 6.07) is 2.81. The van der Waals surface area contributed by atoms with Crippen molar-refractivity contribution in [2.24, 2.45) is 0 Å². The quantitative estimate of drug-likeness (QED) is 0.504. The molecule has 136 valence electrons. The second-order valence-electron chi connectivity index (χ2n) is 4.96. The maximum Gasteiger partial charge on any atom is 0.351 e. The van der Waals surface area contributed by atoms with Gasteiger partial charge in [0.25, 0.3) is 0 Å². The third kappa shape index (κ3) is 4.04. The molecule has 10 nitrogen and oxygen atoms in total. The van der Waals surface area contributed by atoms with Gasteiger partial charge >= 0.3 is 17.3 Å². The Morgan fingerprint density at radius 1 is 1.44 bits per heavy atom. The Morgan fingerprint density at radius 2 is 2.16 bits per heavy atom. The average molecular weight is 359 g/mol. The number of rotatable bonds is 2. The Morgan fingerprint density at radius 3 is 2.60 bits per heavy atom. The summed E-state index contributed by atoms with van der Waals surface area (Å²) in [5, 5.41) is 18.1. The summed E-state index contributed by atoms with van der Waals surface area (Å²) in [6.45, 7) is -0.787. The van der Waals surface area contributed by atoms with Gasteiger partial charge in [-0.05, 0) is 12.1 Å². The monoisotopic (exact) mass is 359 g/mol.